The van der Waals surface area contributed by atoms with Gasteiger partial charge in [-0.05, 0) is 66.5 Å². The van der Waals surface area contributed by atoms with E-state index in [9.17, 15) is 9.59 Å². The zero-order valence-corrected chi connectivity index (χ0v) is 14.7. The number of hydrogen-bond acceptors (Lipinski definition) is 5. The molecule has 0 aromatic carbocycles. The van der Waals surface area contributed by atoms with Gasteiger partial charge in [0.25, 0.3) is 0 Å². The van der Waals surface area contributed by atoms with E-state index in [1.54, 1.807) is 6.92 Å². The molecule has 0 radical (unpaired) electrons. The second-order valence-corrected chi connectivity index (χ2v) is 6.34. The molecule has 0 saturated heterocycles. The maximum atomic E-state index is 11.7. The number of carbonyl (C=O) groups is 2. The normalized spacial score (nSPS) is 12.6. The molecule has 0 rings (SSSR count). The van der Waals surface area contributed by atoms with Gasteiger partial charge in [0.1, 0.15) is 5.60 Å². The van der Waals surface area contributed by atoms with Gasteiger partial charge < -0.3 is 20.1 Å². The van der Waals surface area contributed by atoms with Gasteiger partial charge in [0, 0.05) is 13.0 Å². The Bertz CT molecular complexity index is 327. The van der Waals surface area contributed by atoms with E-state index in [2.05, 4.69) is 10.6 Å². The van der Waals surface area contributed by atoms with Crippen LogP contribution in [0.4, 0.5) is 4.79 Å². The van der Waals surface area contributed by atoms with E-state index in [0.717, 1.165) is 25.8 Å². The minimum Gasteiger partial charge on any atom is -0.466 e. The van der Waals surface area contributed by atoms with Crippen molar-refractivity contribution in [3.8, 4) is 0 Å². The van der Waals surface area contributed by atoms with Crippen LogP contribution in [0.25, 0.3) is 0 Å². The molecule has 0 aromatic rings. The lowest BCUT2D eigenvalue weighted by Crippen LogP contribution is -2.35. The van der Waals surface area contributed by atoms with E-state index < -0.39 is 11.7 Å². The first-order valence-electron chi connectivity index (χ1n) is 8.05. The molecule has 0 aliphatic heterocycles. The lowest BCUT2D eigenvalue weighted by Gasteiger charge is -2.22. The minimum atomic E-state index is -0.492. The van der Waals surface area contributed by atoms with Gasteiger partial charge in [-0.3, -0.25) is 4.79 Å². The smallest absolute Gasteiger partial charge is 0.407 e. The molecule has 1 amide bonds. The van der Waals surface area contributed by atoms with Crippen LogP contribution in [0.2, 0.25) is 0 Å². The molecular formula is C16H32N2O4. The quantitative estimate of drug-likeness (QED) is 0.606. The Morgan fingerprint density at radius 3 is 2.41 bits per heavy atom. The van der Waals surface area contributed by atoms with Crippen molar-refractivity contribution in [3.63, 3.8) is 0 Å². The van der Waals surface area contributed by atoms with E-state index >= 15 is 0 Å². The van der Waals surface area contributed by atoms with Crippen molar-refractivity contribution in [3.05, 3.63) is 0 Å². The molecule has 130 valence electrons. The third kappa shape index (κ3) is 12.4. The van der Waals surface area contributed by atoms with Crippen LogP contribution in [0, 0.1) is 5.92 Å². The molecule has 22 heavy (non-hydrogen) atoms. The first kappa shape index (κ1) is 20.7. The van der Waals surface area contributed by atoms with Gasteiger partial charge in [-0.15, -0.1) is 0 Å². The number of hydrogen-bond donors (Lipinski definition) is 2. The maximum absolute atomic E-state index is 11.7. The van der Waals surface area contributed by atoms with Crippen LogP contribution in [0.1, 0.15) is 53.4 Å². The summed E-state index contributed by atoms with van der Waals surface area (Å²) in [5.41, 5.74) is -0.492. The average Bonchev–Trinajstić information content (AvgIpc) is 2.39. The second-order valence-electron chi connectivity index (χ2n) is 6.34. The molecule has 0 heterocycles. The Morgan fingerprint density at radius 2 is 1.86 bits per heavy atom. The van der Waals surface area contributed by atoms with E-state index in [1.807, 2.05) is 27.8 Å². The van der Waals surface area contributed by atoms with E-state index in [1.165, 1.54) is 0 Å². The van der Waals surface area contributed by atoms with Crippen LogP contribution in [0.5, 0.6) is 0 Å². The molecular weight excluding hydrogens is 284 g/mol. The Balaban J connectivity index is 4.11. The Morgan fingerprint density at radius 1 is 1.18 bits per heavy atom. The van der Waals surface area contributed by atoms with Gasteiger partial charge in [0.05, 0.1) is 6.61 Å². The predicted molar refractivity (Wildman–Crippen MR) is 86.8 cm³/mol. The van der Waals surface area contributed by atoms with E-state index in [4.69, 9.17) is 9.47 Å². The summed E-state index contributed by atoms with van der Waals surface area (Å²) in [5, 5.41) is 5.91. The first-order chi connectivity index (χ1) is 10.3. The molecule has 6 heteroatoms. The number of esters is 1. The Hall–Kier alpha value is -1.30. The summed E-state index contributed by atoms with van der Waals surface area (Å²) in [5.74, 6) is 0.157. The molecule has 0 aromatic heterocycles. The molecule has 1 atom stereocenters. The molecule has 1 unspecified atom stereocenters. The van der Waals surface area contributed by atoms with E-state index in [-0.39, 0.29) is 5.97 Å². The SMILES string of the molecule is CCOC(=O)CCCC(CCNC)CNC(=O)OC(C)(C)C. The summed E-state index contributed by atoms with van der Waals surface area (Å²) in [6.07, 6.45) is 2.61. The van der Waals surface area contributed by atoms with Crippen molar-refractivity contribution in [1.29, 1.82) is 0 Å². The highest BCUT2D eigenvalue weighted by molar-refractivity contribution is 5.69. The lowest BCUT2D eigenvalue weighted by molar-refractivity contribution is -0.143. The summed E-state index contributed by atoms with van der Waals surface area (Å²) < 4.78 is 10.1. The molecule has 0 fully saturated rings. The molecule has 0 aliphatic rings. The van der Waals surface area contributed by atoms with Gasteiger partial charge in [0.15, 0.2) is 0 Å². The number of alkyl carbamates (subject to hydrolysis) is 1. The molecule has 2 N–H and O–H groups in total. The minimum absolute atomic E-state index is 0.157. The maximum Gasteiger partial charge on any atom is 0.407 e. The molecule has 0 saturated carbocycles. The molecule has 0 spiro atoms. The molecule has 0 aliphatic carbocycles. The highest BCUT2D eigenvalue weighted by atomic mass is 16.6. The second kappa shape index (κ2) is 11.3. The summed E-state index contributed by atoms with van der Waals surface area (Å²) in [6.45, 7) is 9.17. The number of rotatable bonds is 10. The standard InChI is InChI=1S/C16H32N2O4/c1-6-21-14(19)9-7-8-13(10-11-17-5)12-18-15(20)22-16(2,3)4/h13,17H,6-12H2,1-5H3,(H,18,20). The fraction of sp³-hybridized carbons (Fsp3) is 0.875. The molecule has 0 bridgehead atoms. The largest absolute Gasteiger partial charge is 0.466 e. The van der Waals surface area contributed by atoms with Gasteiger partial charge in [0.2, 0.25) is 0 Å². The number of ether oxygens (including phenoxy) is 2. The first-order valence-corrected chi connectivity index (χ1v) is 8.05. The fourth-order valence-electron chi connectivity index (χ4n) is 2.01. The number of amides is 1. The third-order valence-electron chi connectivity index (χ3n) is 3.04. The summed E-state index contributed by atoms with van der Waals surface area (Å²) in [7, 11) is 1.90. The van der Waals surface area contributed by atoms with E-state index in [0.29, 0.717) is 25.5 Å². The third-order valence-corrected chi connectivity index (χ3v) is 3.04. The van der Waals surface area contributed by atoms with Crippen LogP contribution in [-0.2, 0) is 14.3 Å². The summed E-state index contributed by atoms with van der Waals surface area (Å²) >= 11 is 0. The van der Waals surface area contributed by atoms with Crippen molar-refractivity contribution < 1.29 is 19.1 Å². The van der Waals surface area contributed by atoms with Crippen molar-refractivity contribution in [2.75, 3.05) is 26.7 Å². The lowest BCUT2D eigenvalue weighted by atomic mass is 9.98. The highest BCUT2D eigenvalue weighted by Crippen LogP contribution is 2.13. The van der Waals surface area contributed by atoms with Gasteiger partial charge in [-0.1, -0.05) is 0 Å². The van der Waals surface area contributed by atoms with Crippen molar-refractivity contribution in [2.45, 2.75) is 59.0 Å². The van der Waals surface area contributed by atoms with Crippen LogP contribution in [-0.4, -0.2) is 44.4 Å². The highest BCUT2D eigenvalue weighted by Gasteiger charge is 2.17. The Kier molecular flexibility index (Phi) is 10.6. The topological polar surface area (TPSA) is 76.7 Å². The zero-order valence-electron chi connectivity index (χ0n) is 14.7. The van der Waals surface area contributed by atoms with Crippen LogP contribution in [0.3, 0.4) is 0 Å². The zero-order chi connectivity index (χ0) is 17.0. The predicted octanol–water partition coefficient (Wildman–Crippen LogP) is 2.47. The van der Waals surface area contributed by atoms with Gasteiger partial charge >= 0.3 is 12.1 Å². The van der Waals surface area contributed by atoms with Crippen LogP contribution in [0.15, 0.2) is 0 Å². The summed E-state index contributed by atoms with van der Waals surface area (Å²) in [6, 6.07) is 0. The van der Waals surface area contributed by atoms with Crippen LogP contribution >= 0.6 is 0 Å². The average molecular weight is 316 g/mol. The van der Waals surface area contributed by atoms with Crippen LogP contribution < -0.4 is 10.6 Å². The summed E-state index contributed by atoms with van der Waals surface area (Å²) in [4.78, 5) is 23.0. The fourth-order valence-corrected chi connectivity index (χ4v) is 2.01. The number of carbonyl (C=O) groups excluding carboxylic acids is 2. The van der Waals surface area contributed by atoms with Crippen molar-refractivity contribution >= 4 is 12.1 Å². The van der Waals surface area contributed by atoms with Gasteiger partial charge in [-0.2, -0.15) is 0 Å². The molecule has 6 nitrogen and oxygen atoms in total. The van der Waals surface area contributed by atoms with Crippen molar-refractivity contribution in [1.82, 2.24) is 10.6 Å². The number of nitrogens with one attached hydrogen (secondary N) is 2. The monoisotopic (exact) mass is 316 g/mol. The Labute approximate surface area is 134 Å². The van der Waals surface area contributed by atoms with Crippen molar-refractivity contribution in [2.24, 2.45) is 5.92 Å². The van der Waals surface area contributed by atoms with Gasteiger partial charge in [-0.25, -0.2) is 4.79 Å².